The lowest BCUT2D eigenvalue weighted by molar-refractivity contribution is -0.384. The van der Waals surface area contributed by atoms with E-state index in [0.29, 0.717) is 33.8 Å². The second-order valence-corrected chi connectivity index (χ2v) is 7.74. The Morgan fingerprint density at radius 2 is 1.91 bits per heavy atom. The molecule has 3 aromatic carbocycles. The Morgan fingerprint density at radius 3 is 2.56 bits per heavy atom. The van der Waals surface area contributed by atoms with Gasteiger partial charge in [-0.05, 0) is 63.8 Å². The number of carbonyl (C=O) groups excluding carboxylic acids is 1. The van der Waals surface area contributed by atoms with Crippen LogP contribution in [0, 0.1) is 17.0 Å². The van der Waals surface area contributed by atoms with Gasteiger partial charge in [-0.15, -0.1) is 0 Å². The predicted molar refractivity (Wildman–Crippen MR) is 127 cm³/mol. The zero-order valence-corrected chi connectivity index (χ0v) is 19.1. The van der Waals surface area contributed by atoms with Crippen molar-refractivity contribution in [2.45, 2.75) is 13.5 Å². The fourth-order valence-corrected chi connectivity index (χ4v) is 3.53. The molecule has 0 saturated heterocycles. The lowest BCUT2D eigenvalue weighted by Crippen LogP contribution is -2.09. The van der Waals surface area contributed by atoms with Gasteiger partial charge in [0.15, 0.2) is 11.5 Å². The molecule has 8 heteroatoms. The number of ether oxygens (including phenoxy) is 2. The number of hydrogen-bond donors (Lipinski definition) is 1. The molecule has 7 nitrogen and oxygen atoms in total. The highest BCUT2D eigenvalue weighted by Crippen LogP contribution is 2.37. The number of benzene rings is 3. The standard InChI is InChI=1S/C24H21BrN2O5/c1-16-12-19(27(29)30)9-10-21(16)26-23(28)11-8-18-13-20(25)24(22(14-18)31-2)32-15-17-6-4-3-5-7-17/h3-14H,15H2,1-2H3,(H,26,28)/b11-8+. The number of halogens is 1. The van der Waals surface area contributed by atoms with Gasteiger partial charge in [-0.2, -0.15) is 0 Å². The Balaban J connectivity index is 1.70. The number of nitro benzene ring substituents is 1. The summed E-state index contributed by atoms with van der Waals surface area (Å²) in [6, 6.07) is 17.7. The zero-order valence-electron chi connectivity index (χ0n) is 17.5. The van der Waals surface area contributed by atoms with Crippen molar-refractivity contribution in [1.29, 1.82) is 0 Å². The summed E-state index contributed by atoms with van der Waals surface area (Å²) in [7, 11) is 1.55. The van der Waals surface area contributed by atoms with Crippen molar-refractivity contribution >= 4 is 39.3 Å². The molecule has 0 fully saturated rings. The van der Waals surface area contributed by atoms with Gasteiger partial charge in [0.25, 0.3) is 5.69 Å². The van der Waals surface area contributed by atoms with Crippen molar-refractivity contribution < 1.29 is 19.2 Å². The number of rotatable bonds is 8. The van der Waals surface area contributed by atoms with Gasteiger partial charge in [-0.25, -0.2) is 0 Å². The third kappa shape index (κ3) is 5.95. The number of hydrogen-bond acceptors (Lipinski definition) is 5. The minimum Gasteiger partial charge on any atom is -0.493 e. The van der Waals surface area contributed by atoms with Gasteiger partial charge in [-0.3, -0.25) is 14.9 Å². The minimum absolute atomic E-state index is 0.0254. The first-order chi connectivity index (χ1) is 15.4. The Morgan fingerprint density at radius 1 is 1.16 bits per heavy atom. The SMILES string of the molecule is COc1cc(/C=C/C(=O)Nc2ccc([N+](=O)[O-])cc2C)cc(Br)c1OCc1ccccc1. The third-order valence-electron chi connectivity index (χ3n) is 4.58. The normalized spacial score (nSPS) is 10.7. The summed E-state index contributed by atoms with van der Waals surface area (Å²) in [4.78, 5) is 22.7. The number of nitrogens with one attached hydrogen (secondary N) is 1. The van der Waals surface area contributed by atoms with E-state index in [9.17, 15) is 14.9 Å². The van der Waals surface area contributed by atoms with Gasteiger partial charge in [0, 0.05) is 23.9 Å². The van der Waals surface area contributed by atoms with E-state index in [1.807, 2.05) is 36.4 Å². The number of methoxy groups -OCH3 is 1. The largest absolute Gasteiger partial charge is 0.493 e. The maximum atomic E-state index is 12.3. The predicted octanol–water partition coefficient (Wildman–Crippen LogP) is 5.91. The molecule has 0 bridgehead atoms. The molecule has 0 radical (unpaired) electrons. The number of aryl methyl sites for hydroxylation is 1. The van der Waals surface area contributed by atoms with Crippen LogP contribution in [0.3, 0.4) is 0 Å². The van der Waals surface area contributed by atoms with E-state index in [4.69, 9.17) is 9.47 Å². The molecule has 0 spiro atoms. The zero-order chi connectivity index (χ0) is 23.1. The van der Waals surface area contributed by atoms with Crippen molar-refractivity contribution in [3.05, 3.63) is 98.0 Å². The molecule has 0 heterocycles. The summed E-state index contributed by atoms with van der Waals surface area (Å²) in [6.07, 6.45) is 3.02. The molecule has 164 valence electrons. The quantitative estimate of drug-likeness (QED) is 0.238. The van der Waals surface area contributed by atoms with E-state index in [-0.39, 0.29) is 11.6 Å². The average molecular weight is 497 g/mol. The minimum atomic E-state index is -0.475. The second kappa shape index (κ2) is 10.6. The van der Waals surface area contributed by atoms with E-state index < -0.39 is 4.92 Å². The van der Waals surface area contributed by atoms with Crippen LogP contribution in [-0.4, -0.2) is 17.9 Å². The monoisotopic (exact) mass is 496 g/mol. The van der Waals surface area contributed by atoms with Crippen LogP contribution in [0.5, 0.6) is 11.5 Å². The highest BCUT2D eigenvalue weighted by molar-refractivity contribution is 9.10. The summed E-state index contributed by atoms with van der Waals surface area (Å²) < 4.78 is 12.1. The van der Waals surface area contributed by atoms with Gasteiger partial charge in [-0.1, -0.05) is 30.3 Å². The summed E-state index contributed by atoms with van der Waals surface area (Å²) in [6.45, 7) is 2.09. The second-order valence-electron chi connectivity index (χ2n) is 6.89. The van der Waals surface area contributed by atoms with Crippen LogP contribution in [0.1, 0.15) is 16.7 Å². The van der Waals surface area contributed by atoms with Crippen LogP contribution in [0.4, 0.5) is 11.4 Å². The Hall–Kier alpha value is -3.65. The van der Waals surface area contributed by atoms with E-state index in [1.54, 1.807) is 26.2 Å². The molecule has 3 aromatic rings. The molecule has 0 aliphatic carbocycles. The number of nitrogens with zero attached hydrogens (tertiary/aromatic N) is 1. The molecular weight excluding hydrogens is 476 g/mol. The maximum absolute atomic E-state index is 12.3. The van der Waals surface area contributed by atoms with E-state index in [0.717, 1.165) is 11.1 Å². The molecule has 1 N–H and O–H groups in total. The van der Waals surface area contributed by atoms with Crippen molar-refractivity contribution in [2.75, 3.05) is 12.4 Å². The lowest BCUT2D eigenvalue weighted by Gasteiger charge is -2.13. The third-order valence-corrected chi connectivity index (χ3v) is 5.17. The molecule has 3 rings (SSSR count). The summed E-state index contributed by atoms with van der Waals surface area (Å²) in [5.74, 6) is 0.738. The molecule has 0 aromatic heterocycles. The molecule has 0 unspecified atom stereocenters. The highest BCUT2D eigenvalue weighted by Gasteiger charge is 2.12. The maximum Gasteiger partial charge on any atom is 0.269 e. The number of carbonyl (C=O) groups is 1. The van der Waals surface area contributed by atoms with Gasteiger partial charge < -0.3 is 14.8 Å². The van der Waals surface area contributed by atoms with Crippen molar-refractivity contribution in [1.82, 2.24) is 0 Å². The van der Waals surface area contributed by atoms with Crippen LogP contribution in [0.15, 0.2) is 71.2 Å². The van der Waals surface area contributed by atoms with Crippen LogP contribution in [-0.2, 0) is 11.4 Å². The highest BCUT2D eigenvalue weighted by atomic mass is 79.9. The van der Waals surface area contributed by atoms with E-state index in [1.165, 1.54) is 24.3 Å². The number of nitro groups is 1. The number of amides is 1. The first-order valence-electron chi connectivity index (χ1n) is 9.65. The summed E-state index contributed by atoms with van der Waals surface area (Å²) in [5.41, 5.74) is 2.85. The summed E-state index contributed by atoms with van der Waals surface area (Å²) in [5, 5.41) is 13.6. The van der Waals surface area contributed by atoms with Crippen LogP contribution >= 0.6 is 15.9 Å². The lowest BCUT2D eigenvalue weighted by atomic mass is 10.1. The average Bonchev–Trinajstić information content (AvgIpc) is 2.78. The smallest absolute Gasteiger partial charge is 0.269 e. The van der Waals surface area contributed by atoms with Gasteiger partial charge in [0.1, 0.15) is 6.61 Å². The Labute approximate surface area is 194 Å². The Kier molecular flexibility index (Phi) is 7.62. The van der Waals surface area contributed by atoms with E-state index in [2.05, 4.69) is 21.2 Å². The van der Waals surface area contributed by atoms with Crippen LogP contribution < -0.4 is 14.8 Å². The van der Waals surface area contributed by atoms with Crippen LogP contribution in [0.2, 0.25) is 0 Å². The number of anilines is 1. The molecule has 0 aliphatic rings. The van der Waals surface area contributed by atoms with Crippen LogP contribution in [0.25, 0.3) is 6.08 Å². The van der Waals surface area contributed by atoms with Gasteiger partial charge in [0.2, 0.25) is 5.91 Å². The van der Waals surface area contributed by atoms with Gasteiger partial charge >= 0.3 is 0 Å². The van der Waals surface area contributed by atoms with Crippen molar-refractivity contribution in [3.8, 4) is 11.5 Å². The molecule has 1 amide bonds. The summed E-state index contributed by atoms with van der Waals surface area (Å²) >= 11 is 3.51. The fourth-order valence-electron chi connectivity index (χ4n) is 2.95. The molecule has 32 heavy (non-hydrogen) atoms. The first kappa shape index (κ1) is 23.0. The first-order valence-corrected chi connectivity index (χ1v) is 10.4. The van der Waals surface area contributed by atoms with Crippen molar-refractivity contribution in [2.24, 2.45) is 0 Å². The Bertz CT molecular complexity index is 1160. The van der Waals surface area contributed by atoms with Crippen molar-refractivity contribution in [3.63, 3.8) is 0 Å². The topological polar surface area (TPSA) is 90.7 Å². The number of non-ortho nitro benzene ring substituents is 1. The fraction of sp³-hybridized carbons (Fsp3) is 0.125. The molecule has 0 aliphatic heterocycles. The van der Waals surface area contributed by atoms with E-state index >= 15 is 0 Å². The molecule has 0 saturated carbocycles. The van der Waals surface area contributed by atoms with Gasteiger partial charge in [0.05, 0.1) is 16.5 Å². The molecule has 0 atom stereocenters. The molecular formula is C24H21BrN2O5.